The Labute approximate surface area is 199 Å². The molecule has 2 aromatic rings. The van der Waals surface area contributed by atoms with E-state index in [-0.39, 0.29) is 22.9 Å². The lowest BCUT2D eigenvalue weighted by atomic mass is 10.1. The lowest BCUT2D eigenvalue weighted by molar-refractivity contribution is -0.140. The van der Waals surface area contributed by atoms with E-state index in [1.54, 1.807) is 19.2 Å². The number of halogens is 1. The summed E-state index contributed by atoms with van der Waals surface area (Å²) in [6.45, 7) is 4.03. The van der Waals surface area contributed by atoms with E-state index in [1.165, 1.54) is 34.6 Å². The van der Waals surface area contributed by atoms with Crippen molar-refractivity contribution in [3.05, 3.63) is 65.0 Å². The Morgan fingerprint density at radius 1 is 1.00 bits per heavy atom. The topological polar surface area (TPSA) is 101 Å². The van der Waals surface area contributed by atoms with Crippen molar-refractivity contribution in [3.8, 4) is 12.1 Å². The zero-order valence-corrected chi connectivity index (χ0v) is 19.7. The molecule has 10 heteroatoms. The molecule has 178 valence electrons. The fraction of sp³-hybridized carbons (Fsp3) is 0.417. The number of nitriles is 2. The van der Waals surface area contributed by atoms with Gasteiger partial charge in [0.15, 0.2) is 0 Å². The van der Waals surface area contributed by atoms with Crippen molar-refractivity contribution in [2.24, 2.45) is 0 Å². The zero-order chi connectivity index (χ0) is 24.3. The highest BCUT2D eigenvalue weighted by molar-refractivity contribution is 7.89. The average Bonchev–Trinajstić information content (AvgIpc) is 2.83. The van der Waals surface area contributed by atoms with Crippen LogP contribution in [-0.2, 0) is 21.3 Å². The summed E-state index contributed by atoms with van der Waals surface area (Å²) in [5.41, 5.74) is 1.28. The Morgan fingerprint density at radius 2 is 1.59 bits per heavy atom. The van der Waals surface area contributed by atoms with Gasteiger partial charge >= 0.3 is 0 Å². The molecule has 0 radical (unpaired) electrons. The van der Waals surface area contributed by atoms with E-state index in [9.17, 15) is 12.8 Å². The second-order valence-corrected chi connectivity index (χ2v) is 10.8. The van der Waals surface area contributed by atoms with Gasteiger partial charge in [0, 0.05) is 58.4 Å². The number of nitrogens with zero attached hydrogens (tertiary/aromatic N) is 5. The van der Waals surface area contributed by atoms with Gasteiger partial charge in [-0.05, 0) is 36.4 Å². The van der Waals surface area contributed by atoms with Crippen molar-refractivity contribution < 1.29 is 17.5 Å². The van der Waals surface area contributed by atoms with E-state index < -0.39 is 10.0 Å². The lowest BCUT2D eigenvalue weighted by Gasteiger charge is -2.46. The van der Waals surface area contributed by atoms with Crippen LogP contribution < -0.4 is 0 Å². The third-order valence-corrected chi connectivity index (χ3v) is 8.10. The maximum atomic E-state index is 14.3. The number of benzene rings is 2. The number of morpholine rings is 2. The number of ether oxygens (including phenoxy) is 1. The normalized spacial score (nSPS) is 21.2. The SMILES string of the molecule is CN(CCN1CC2CN(Cc3ccc(C#N)cc3F)CC(C1)O2)S(=O)(=O)c1ccc(C#N)cc1. The monoisotopic (exact) mass is 483 g/mol. The van der Waals surface area contributed by atoms with E-state index in [0.29, 0.717) is 62.5 Å². The van der Waals surface area contributed by atoms with Gasteiger partial charge in [0.05, 0.1) is 40.4 Å². The molecule has 34 heavy (non-hydrogen) atoms. The van der Waals surface area contributed by atoms with Gasteiger partial charge in [0.25, 0.3) is 0 Å². The van der Waals surface area contributed by atoms with E-state index in [2.05, 4.69) is 9.80 Å². The molecule has 2 heterocycles. The third kappa shape index (κ3) is 5.44. The molecule has 0 saturated carbocycles. The summed E-state index contributed by atoms with van der Waals surface area (Å²) in [5, 5.41) is 17.8. The predicted molar refractivity (Wildman–Crippen MR) is 122 cm³/mol. The first-order valence-electron chi connectivity index (χ1n) is 11.0. The first kappa shape index (κ1) is 24.3. The smallest absolute Gasteiger partial charge is 0.242 e. The maximum Gasteiger partial charge on any atom is 0.242 e. The van der Waals surface area contributed by atoms with Crippen molar-refractivity contribution in [2.45, 2.75) is 23.6 Å². The van der Waals surface area contributed by atoms with Crippen molar-refractivity contribution in [3.63, 3.8) is 0 Å². The second-order valence-electron chi connectivity index (χ2n) is 8.71. The fourth-order valence-corrected chi connectivity index (χ4v) is 5.60. The largest absolute Gasteiger partial charge is 0.370 e. The standard InChI is InChI=1S/C24H26FN5O3S/c1-28(34(31,32)23-6-3-18(11-26)4-7-23)8-9-29-14-21-16-30(17-22(15-29)33-21)13-20-5-2-19(12-27)10-24(20)25/h2-7,10,21-22H,8-9,13-17H2,1H3. The number of likely N-dealkylation sites (N-methyl/N-ethyl adjacent to an activating group) is 1. The zero-order valence-electron chi connectivity index (χ0n) is 18.9. The summed E-state index contributed by atoms with van der Waals surface area (Å²) in [6, 6.07) is 14.4. The van der Waals surface area contributed by atoms with Crippen molar-refractivity contribution in [1.82, 2.24) is 14.1 Å². The minimum Gasteiger partial charge on any atom is -0.370 e. The molecule has 0 aliphatic carbocycles. The highest BCUT2D eigenvalue weighted by atomic mass is 32.2. The molecule has 2 aliphatic heterocycles. The summed E-state index contributed by atoms with van der Waals surface area (Å²) in [4.78, 5) is 4.55. The van der Waals surface area contributed by atoms with Gasteiger partial charge < -0.3 is 4.74 Å². The van der Waals surface area contributed by atoms with Crippen LogP contribution in [0.4, 0.5) is 4.39 Å². The number of fused-ring (bicyclic) bond motifs is 2. The quantitative estimate of drug-likeness (QED) is 0.592. The molecule has 2 aliphatic rings. The van der Waals surface area contributed by atoms with Crippen LogP contribution in [0.5, 0.6) is 0 Å². The number of hydrogen-bond donors (Lipinski definition) is 0. The van der Waals surface area contributed by atoms with E-state index in [1.807, 2.05) is 12.1 Å². The first-order chi connectivity index (χ1) is 16.3. The molecular formula is C24H26FN5O3S. The summed E-state index contributed by atoms with van der Waals surface area (Å²) < 4.78 is 47.4. The van der Waals surface area contributed by atoms with Crippen LogP contribution in [0.1, 0.15) is 16.7 Å². The third-order valence-electron chi connectivity index (χ3n) is 6.23. The minimum absolute atomic E-state index is 0.0330. The second kappa shape index (κ2) is 10.2. The summed E-state index contributed by atoms with van der Waals surface area (Å²) in [6.07, 6.45) is -0.0660. The van der Waals surface area contributed by atoms with E-state index >= 15 is 0 Å². The first-order valence-corrected chi connectivity index (χ1v) is 12.5. The Morgan fingerprint density at radius 3 is 2.18 bits per heavy atom. The van der Waals surface area contributed by atoms with Crippen molar-refractivity contribution >= 4 is 10.0 Å². The van der Waals surface area contributed by atoms with Gasteiger partial charge in [-0.25, -0.2) is 12.8 Å². The van der Waals surface area contributed by atoms with Crippen molar-refractivity contribution in [1.29, 1.82) is 10.5 Å². The van der Waals surface area contributed by atoms with Crippen LogP contribution in [-0.4, -0.2) is 81.0 Å². The molecule has 2 unspecified atom stereocenters. The molecule has 2 bridgehead atoms. The summed E-state index contributed by atoms with van der Waals surface area (Å²) in [7, 11) is -2.08. The Balaban J connectivity index is 1.30. The van der Waals surface area contributed by atoms with Crippen LogP contribution in [0.3, 0.4) is 0 Å². The Bertz CT molecular complexity index is 1210. The molecule has 4 rings (SSSR count). The molecule has 0 aromatic heterocycles. The Kier molecular flexibility index (Phi) is 7.27. The number of hydrogen-bond acceptors (Lipinski definition) is 7. The molecule has 0 spiro atoms. The highest BCUT2D eigenvalue weighted by Gasteiger charge is 2.35. The van der Waals surface area contributed by atoms with Crippen LogP contribution in [0.25, 0.3) is 0 Å². The van der Waals surface area contributed by atoms with Crippen LogP contribution in [0, 0.1) is 28.5 Å². The highest BCUT2D eigenvalue weighted by Crippen LogP contribution is 2.22. The van der Waals surface area contributed by atoms with Gasteiger partial charge in [0.2, 0.25) is 10.0 Å². The molecule has 2 atom stereocenters. The van der Waals surface area contributed by atoms with Gasteiger partial charge in [0.1, 0.15) is 5.82 Å². The Hall–Kier alpha value is -2.86. The van der Waals surface area contributed by atoms with E-state index in [4.69, 9.17) is 15.3 Å². The van der Waals surface area contributed by atoms with Gasteiger partial charge in [-0.3, -0.25) is 9.80 Å². The fourth-order valence-electron chi connectivity index (χ4n) is 4.44. The molecule has 8 nitrogen and oxygen atoms in total. The van der Waals surface area contributed by atoms with Gasteiger partial charge in [-0.15, -0.1) is 0 Å². The molecule has 2 saturated heterocycles. The van der Waals surface area contributed by atoms with Crippen LogP contribution >= 0.6 is 0 Å². The predicted octanol–water partition coefficient (Wildman–Crippen LogP) is 1.77. The molecule has 0 N–H and O–H groups in total. The van der Waals surface area contributed by atoms with Gasteiger partial charge in [-0.2, -0.15) is 14.8 Å². The van der Waals surface area contributed by atoms with Gasteiger partial charge in [-0.1, -0.05) is 6.07 Å². The van der Waals surface area contributed by atoms with Crippen LogP contribution in [0.2, 0.25) is 0 Å². The maximum absolute atomic E-state index is 14.3. The lowest BCUT2D eigenvalue weighted by Crippen LogP contribution is -2.59. The molecular weight excluding hydrogens is 457 g/mol. The number of rotatable bonds is 7. The minimum atomic E-state index is -3.63. The van der Waals surface area contributed by atoms with E-state index in [0.717, 1.165) is 0 Å². The number of sulfonamides is 1. The average molecular weight is 484 g/mol. The summed E-state index contributed by atoms with van der Waals surface area (Å²) in [5.74, 6) is -0.371. The molecule has 0 amide bonds. The molecule has 2 aromatic carbocycles. The van der Waals surface area contributed by atoms with Crippen LogP contribution in [0.15, 0.2) is 47.4 Å². The molecule has 2 fully saturated rings. The summed E-state index contributed by atoms with van der Waals surface area (Å²) >= 11 is 0. The van der Waals surface area contributed by atoms with Crippen molar-refractivity contribution in [2.75, 3.05) is 46.3 Å².